The summed E-state index contributed by atoms with van der Waals surface area (Å²) in [6, 6.07) is 0. The first-order valence-electron chi connectivity index (χ1n) is 4.52. The molecular weight excluding hydrogens is 156 g/mol. The summed E-state index contributed by atoms with van der Waals surface area (Å²) in [5.74, 6) is -0.787. The Morgan fingerprint density at radius 1 is 1.67 bits per heavy atom. The van der Waals surface area contributed by atoms with Crippen LogP contribution in [0.15, 0.2) is 0 Å². The summed E-state index contributed by atoms with van der Waals surface area (Å²) in [6.45, 7) is 4.53. The molecule has 0 bridgehead atoms. The fourth-order valence-electron chi connectivity index (χ4n) is 1.32. The summed E-state index contributed by atoms with van der Waals surface area (Å²) < 4.78 is 10.6. The highest BCUT2D eigenvalue weighted by atomic mass is 16.7. The van der Waals surface area contributed by atoms with Crippen LogP contribution in [0.2, 0.25) is 0 Å². The van der Waals surface area contributed by atoms with E-state index in [2.05, 4.69) is 0 Å². The first-order chi connectivity index (χ1) is 5.66. The lowest BCUT2D eigenvalue weighted by molar-refractivity contribution is -0.236. The van der Waals surface area contributed by atoms with Crippen LogP contribution in [-0.2, 0) is 14.3 Å². The van der Waals surface area contributed by atoms with Crippen molar-refractivity contribution in [2.24, 2.45) is 0 Å². The monoisotopic (exact) mass is 172 g/mol. The molecule has 1 fully saturated rings. The molecule has 3 nitrogen and oxygen atoms in total. The zero-order valence-electron chi connectivity index (χ0n) is 7.76. The van der Waals surface area contributed by atoms with Crippen LogP contribution in [-0.4, -0.2) is 18.4 Å². The maximum atomic E-state index is 10.9. The Labute approximate surface area is 73.0 Å². The highest BCUT2D eigenvalue weighted by molar-refractivity contribution is 5.70. The van der Waals surface area contributed by atoms with Gasteiger partial charge in [0.25, 0.3) is 0 Å². The van der Waals surface area contributed by atoms with Gasteiger partial charge in [0, 0.05) is 19.8 Å². The van der Waals surface area contributed by atoms with Crippen molar-refractivity contribution < 1.29 is 14.3 Å². The molecule has 0 N–H and O–H groups in total. The molecule has 1 saturated heterocycles. The van der Waals surface area contributed by atoms with Gasteiger partial charge in [0.15, 0.2) is 0 Å². The maximum Gasteiger partial charge on any atom is 0.308 e. The number of rotatable bonds is 3. The van der Waals surface area contributed by atoms with Gasteiger partial charge in [-0.25, -0.2) is 0 Å². The second-order valence-electron chi connectivity index (χ2n) is 3.31. The van der Waals surface area contributed by atoms with E-state index in [1.807, 2.05) is 13.8 Å². The topological polar surface area (TPSA) is 35.5 Å². The molecule has 3 heteroatoms. The summed E-state index contributed by atoms with van der Waals surface area (Å²) >= 11 is 0. The molecule has 12 heavy (non-hydrogen) atoms. The van der Waals surface area contributed by atoms with Crippen molar-refractivity contribution in [2.45, 2.75) is 45.3 Å². The van der Waals surface area contributed by atoms with E-state index in [0.717, 1.165) is 19.3 Å². The number of carbonyl (C=O) groups excluding carboxylic acids is 1. The lowest BCUT2D eigenvalue weighted by Gasteiger charge is -2.32. The Kier molecular flexibility index (Phi) is 3.09. The zero-order valence-corrected chi connectivity index (χ0v) is 7.76. The van der Waals surface area contributed by atoms with Crippen molar-refractivity contribution in [1.29, 1.82) is 0 Å². The molecule has 0 spiro atoms. The average Bonchev–Trinajstić information content (AvgIpc) is 2.01. The molecule has 1 aliphatic heterocycles. The van der Waals surface area contributed by atoms with Gasteiger partial charge in [-0.15, -0.1) is 0 Å². The Morgan fingerprint density at radius 2 is 2.42 bits per heavy atom. The Hall–Kier alpha value is -0.570. The Bertz CT molecular complexity index is 167. The Balaban J connectivity index is 2.40. The van der Waals surface area contributed by atoms with Gasteiger partial charge in [-0.05, 0) is 12.8 Å². The van der Waals surface area contributed by atoms with Crippen molar-refractivity contribution in [3.63, 3.8) is 0 Å². The number of hydrogen-bond donors (Lipinski definition) is 0. The molecule has 1 atom stereocenters. The fraction of sp³-hybridized carbons (Fsp3) is 0.889. The molecule has 1 rings (SSSR count). The summed E-state index contributed by atoms with van der Waals surface area (Å²) in [4.78, 5) is 10.9. The zero-order chi connectivity index (χ0) is 9.03. The summed E-state index contributed by atoms with van der Waals surface area (Å²) in [5, 5.41) is 0. The quantitative estimate of drug-likeness (QED) is 0.609. The van der Waals surface area contributed by atoms with E-state index in [9.17, 15) is 4.79 Å². The number of hydrogen-bond acceptors (Lipinski definition) is 3. The molecule has 0 aromatic carbocycles. The third-order valence-corrected chi connectivity index (χ3v) is 1.95. The van der Waals surface area contributed by atoms with Crippen LogP contribution in [0.3, 0.4) is 0 Å². The van der Waals surface area contributed by atoms with E-state index in [0.29, 0.717) is 13.0 Å². The number of carbonyl (C=O) groups is 1. The minimum absolute atomic E-state index is 0.139. The van der Waals surface area contributed by atoms with Crippen molar-refractivity contribution in [2.75, 3.05) is 6.61 Å². The minimum atomic E-state index is -0.647. The number of cyclic esters (lactones) is 1. The van der Waals surface area contributed by atoms with Crippen molar-refractivity contribution in [1.82, 2.24) is 0 Å². The molecule has 70 valence electrons. The summed E-state index contributed by atoms with van der Waals surface area (Å²) in [5.41, 5.74) is 0. The van der Waals surface area contributed by atoms with E-state index in [1.165, 1.54) is 0 Å². The van der Waals surface area contributed by atoms with Crippen LogP contribution in [0.5, 0.6) is 0 Å². The van der Waals surface area contributed by atoms with Gasteiger partial charge >= 0.3 is 5.97 Å². The molecule has 0 amide bonds. The van der Waals surface area contributed by atoms with E-state index >= 15 is 0 Å². The molecule has 1 unspecified atom stereocenters. The van der Waals surface area contributed by atoms with Gasteiger partial charge in [0.1, 0.15) is 0 Å². The van der Waals surface area contributed by atoms with Crippen LogP contribution < -0.4 is 0 Å². The summed E-state index contributed by atoms with van der Waals surface area (Å²) in [6.07, 6.45) is 3.18. The van der Waals surface area contributed by atoms with E-state index in [1.54, 1.807) is 0 Å². The fourth-order valence-corrected chi connectivity index (χ4v) is 1.32. The largest absolute Gasteiger partial charge is 0.433 e. The maximum absolute atomic E-state index is 10.9. The van der Waals surface area contributed by atoms with Crippen LogP contribution in [0.4, 0.5) is 0 Å². The van der Waals surface area contributed by atoms with E-state index in [4.69, 9.17) is 9.47 Å². The molecule has 0 saturated carbocycles. The molecule has 1 heterocycles. The Morgan fingerprint density at radius 3 is 3.00 bits per heavy atom. The lowest BCUT2D eigenvalue weighted by atomic mass is 10.1. The van der Waals surface area contributed by atoms with Gasteiger partial charge in [0.05, 0.1) is 6.61 Å². The van der Waals surface area contributed by atoms with Gasteiger partial charge in [-0.1, -0.05) is 6.92 Å². The summed E-state index contributed by atoms with van der Waals surface area (Å²) in [7, 11) is 0. The van der Waals surface area contributed by atoms with E-state index < -0.39 is 5.79 Å². The van der Waals surface area contributed by atoms with Crippen molar-refractivity contribution in [3.8, 4) is 0 Å². The first-order valence-corrected chi connectivity index (χ1v) is 4.52. The van der Waals surface area contributed by atoms with Gasteiger partial charge in [0.2, 0.25) is 5.79 Å². The molecular formula is C9H16O3. The number of ether oxygens (including phenoxy) is 2. The van der Waals surface area contributed by atoms with Gasteiger partial charge in [-0.3, -0.25) is 4.79 Å². The third kappa shape index (κ3) is 2.48. The van der Waals surface area contributed by atoms with Crippen LogP contribution in [0, 0.1) is 0 Å². The normalized spacial score (nSPS) is 30.0. The molecule has 1 aliphatic rings. The number of esters is 1. The predicted molar refractivity (Wildman–Crippen MR) is 44.6 cm³/mol. The van der Waals surface area contributed by atoms with Crippen LogP contribution >= 0.6 is 0 Å². The second kappa shape index (κ2) is 3.90. The molecule has 0 aromatic heterocycles. The van der Waals surface area contributed by atoms with Crippen molar-refractivity contribution >= 4 is 5.97 Å². The first kappa shape index (κ1) is 9.52. The average molecular weight is 172 g/mol. The predicted octanol–water partition coefficient (Wildman–Crippen LogP) is 1.86. The molecule has 0 aliphatic carbocycles. The molecule has 0 aromatic rings. The second-order valence-corrected chi connectivity index (χ2v) is 3.31. The standard InChI is InChI=1S/C9H16O3/c1-3-7-11-9(2)6-4-5-8(10)12-9/h3-7H2,1-2H3. The lowest BCUT2D eigenvalue weighted by Crippen LogP contribution is -2.38. The minimum Gasteiger partial charge on any atom is -0.433 e. The third-order valence-electron chi connectivity index (χ3n) is 1.95. The molecule has 0 radical (unpaired) electrons. The highest BCUT2D eigenvalue weighted by Crippen LogP contribution is 2.26. The van der Waals surface area contributed by atoms with E-state index in [-0.39, 0.29) is 5.97 Å². The smallest absolute Gasteiger partial charge is 0.308 e. The van der Waals surface area contributed by atoms with Gasteiger partial charge < -0.3 is 9.47 Å². The highest BCUT2D eigenvalue weighted by Gasteiger charge is 2.32. The van der Waals surface area contributed by atoms with Gasteiger partial charge in [-0.2, -0.15) is 0 Å². The van der Waals surface area contributed by atoms with Crippen molar-refractivity contribution in [3.05, 3.63) is 0 Å². The van der Waals surface area contributed by atoms with Crippen LogP contribution in [0.25, 0.3) is 0 Å². The van der Waals surface area contributed by atoms with Crippen LogP contribution in [0.1, 0.15) is 39.5 Å². The SMILES string of the molecule is CCCOC1(C)CCCC(=O)O1.